The molecule has 0 saturated heterocycles. The number of nitrogens with one attached hydrogen (secondary N) is 2. The molecule has 0 aliphatic heterocycles. The number of hydrogen-bond donors (Lipinski definition) is 2. The topological polar surface area (TPSA) is 77.0 Å². The minimum Gasteiger partial charge on any atom is -0.493 e. The van der Waals surface area contributed by atoms with E-state index < -0.39 is 0 Å². The summed E-state index contributed by atoms with van der Waals surface area (Å²) in [6.45, 7) is 3.12. The third-order valence-corrected chi connectivity index (χ3v) is 4.80. The molecule has 1 aromatic heterocycles. The predicted molar refractivity (Wildman–Crippen MR) is 115 cm³/mol. The van der Waals surface area contributed by atoms with Crippen LogP contribution in [-0.2, 0) is 6.54 Å². The van der Waals surface area contributed by atoms with E-state index in [4.69, 9.17) is 14.2 Å². The molecule has 1 saturated carbocycles. The molecule has 0 spiro atoms. The summed E-state index contributed by atoms with van der Waals surface area (Å²) < 4.78 is 17.0. The van der Waals surface area contributed by atoms with E-state index in [-0.39, 0.29) is 0 Å². The third kappa shape index (κ3) is 6.01. The highest BCUT2D eigenvalue weighted by molar-refractivity contribution is 5.93. The van der Waals surface area contributed by atoms with E-state index in [2.05, 4.69) is 20.6 Å². The Labute approximate surface area is 172 Å². The summed E-state index contributed by atoms with van der Waals surface area (Å²) in [4.78, 5) is 8.64. The first kappa shape index (κ1) is 20.8. The van der Waals surface area contributed by atoms with Gasteiger partial charge in [0.1, 0.15) is 6.10 Å². The summed E-state index contributed by atoms with van der Waals surface area (Å²) in [6.07, 6.45) is 6.80. The van der Waals surface area contributed by atoms with Crippen molar-refractivity contribution in [3.8, 4) is 17.4 Å². The van der Waals surface area contributed by atoms with E-state index >= 15 is 0 Å². The van der Waals surface area contributed by atoms with Gasteiger partial charge in [0.15, 0.2) is 17.5 Å². The Morgan fingerprint density at radius 3 is 2.72 bits per heavy atom. The highest BCUT2D eigenvalue weighted by atomic mass is 16.5. The summed E-state index contributed by atoms with van der Waals surface area (Å²) >= 11 is 0. The van der Waals surface area contributed by atoms with Crippen molar-refractivity contribution in [3.05, 3.63) is 42.1 Å². The lowest BCUT2D eigenvalue weighted by Crippen LogP contribution is -2.30. The number of aliphatic imine (C=N–C) groups is 1. The summed E-state index contributed by atoms with van der Waals surface area (Å²) in [5.41, 5.74) is 1.95. The average molecular weight is 399 g/mol. The van der Waals surface area contributed by atoms with Crippen LogP contribution in [0.3, 0.4) is 0 Å². The molecule has 1 aliphatic carbocycles. The summed E-state index contributed by atoms with van der Waals surface area (Å²) in [7, 11) is 3.37. The monoisotopic (exact) mass is 398 g/mol. The normalized spacial score (nSPS) is 14.5. The molecular formula is C22H30N4O3. The van der Waals surface area contributed by atoms with Gasteiger partial charge in [-0.3, -0.25) is 4.99 Å². The van der Waals surface area contributed by atoms with Gasteiger partial charge >= 0.3 is 0 Å². The van der Waals surface area contributed by atoms with Crippen molar-refractivity contribution < 1.29 is 14.2 Å². The first-order chi connectivity index (χ1) is 14.2. The number of methoxy groups -OCH3 is 1. The van der Waals surface area contributed by atoms with Crippen LogP contribution < -0.4 is 24.8 Å². The lowest BCUT2D eigenvalue weighted by atomic mass is 10.2. The van der Waals surface area contributed by atoms with Gasteiger partial charge in [-0.25, -0.2) is 4.98 Å². The van der Waals surface area contributed by atoms with Gasteiger partial charge < -0.3 is 24.8 Å². The Kier molecular flexibility index (Phi) is 7.55. The fourth-order valence-corrected chi connectivity index (χ4v) is 3.33. The fraction of sp³-hybridized carbons (Fsp3) is 0.455. The van der Waals surface area contributed by atoms with Gasteiger partial charge in [-0.15, -0.1) is 0 Å². The van der Waals surface area contributed by atoms with Crippen LogP contribution >= 0.6 is 0 Å². The van der Waals surface area contributed by atoms with E-state index in [1.165, 1.54) is 12.8 Å². The van der Waals surface area contributed by atoms with Crippen LogP contribution in [0.15, 0.2) is 41.5 Å². The van der Waals surface area contributed by atoms with Crippen LogP contribution in [0.4, 0.5) is 5.69 Å². The fourth-order valence-electron chi connectivity index (χ4n) is 3.33. The van der Waals surface area contributed by atoms with E-state index in [0.29, 0.717) is 42.6 Å². The lowest BCUT2D eigenvalue weighted by molar-refractivity contribution is 0.201. The zero-order valence-electron chi connectivity index (χ0n) is 17.4. The Hall–Kier alpha value is -2.96. The maximum absolute atomic E-state index is 5.99. The Morgan fingerprint density at radius 2 is 2.00 bits per heavy atom. The van der Waals surface area contributed by atoms with Gasteiger partial charge in [-0.2, -0.15) is 0 Å². The minimum atomic E-state index is 0.301. The van der Waals surface area contributed by atoms with Crippen LogP contribution in [0.2, 0.25) is 0 Å². The molecule has 1 aliphatic rings. The highest BCUT2D eigenvalue weighted by Gasteiger charge is 2.17. The van der Waals surface area contributed by atoms with Crippen molar-refractivity contribution in [3.63, 3.8) is 0 Å². The number of nitrogens with zero attached hydrogens (tertiary/aromatic N) is 2. The third-order valence-electron chi connectivity index (χ3n) is 4.80. The molecule has 0 bridgehead atoms. The van der Waals surface area contributed by atoms with Crippen LogP contribution in [0, 0.1) is 0 Å². The van der Waals surface area contributed by atoms with Crippen molar-refractivity contribution in [1.82, 2.24) is 10.3 Å². The second kappa shape index (κ2) is 10.5. The van der Waals surface area contributed by atoms with Crippen LogP contribution in [0.25, 0.3) is 0 Å². The molecular weight excluding hydrogens is 368 g/mol. The summed E-state index contributed by atoms with van der Waals surface area (Å²) in [6, 6.07) is 9.65. The largest absolute Gasteiger partial charge is 0.493 e. The maximum atomic E-state index is 5.99. The van der Waals surface area contributed by atoms with Crippen molar-refractivity contribution >= 4 is 11.6 Å². The Bertz CT molecular complexity index is 819. The SMILES string of the molecule is CCOc1cc(NC(=NC)NCc2ccnc(OC3CCCC3)c2)ccc1OC. The smallest absolute Gasteiger partial charge is 0.213 e. The van der Waals surface area contributed by atoms with Gasteiger partial charge in [0.05, 0.1) is 13.7 Å². The second-order valence-electron chi connectivity index (χ2n) is 6.88. The molecule has 7 heteroatoms. The Morgan fingerprint density at radius 1 is 1.17 bits per heavy atom. The Balaban J connectivity index is 1.58. The van der Waals surface area contributed by atoms with E-state index in [1.807, 2.05) is 37.3 Å². The summed E-state index contributed by atoms with van der Waals surface area (Å²) in [5, 5.41) is 6.60. The summed E-state index contributed by atoms with van der Waals surface area (Å²) in [5.74, 6) is 2.74. The molecule has 7 nitrogen and oxygen atoms in total. The minimum absolute atomic E-state index is 0.301. The maximum Gasteiger partial charge on any atom is 0.213 e. The molecule has 156 valence electrons. The van der Waals surface area contributed by atoms with Crippen molar-refractivity contribution in [1.29, 1.82) is 0 Å². The number of guanidine groups is 1. The molecule has 0 atom stereocenters. The zero-order chi connectivity index (χ0) is 20.5. The standard InChI is InChI=1S/C22H30N4O3/c1-4-28-20-14-17(9-10-19(20)27-3)26-22(23-2)25-15-16-11-12-24-21(13-16)29-18-7-5-6-8-18/h9-14,18H,4-8,15H2,1-3H3,(H2,23,25,26). The van der Waals surface area contributed by atoms with Gasteiger partial charge in [-0.1, -0.05) is 0 Å². The molecule has 3 rings (SSSR count). The predicted octanol–water partition coefficient (Wildman–Crippen LogP) is 4.00. The van der Waals surface area contributed by atoms with E-state index in [0.717, 1.165) is 24.1 Å². The van der Waals surface area contributed by atoms with Gasteiger partial charge in [0.25, 0.3) is 0 Å². The van der Waals surface area contributed by atoms with Crippen LogP contribution in [0.5, 0.6) is 17.4 Å². The number of ether oxygens (including phenoxy) is 3. The number of hydrogen-bond acceptors (Lipinski definition) is 5. The molecule has 2 aromatic rings. The van der Waals surface area contributed by atoms with Gasteiger partial charge in [0, 0.05) is 37.6 Å². The number of benzene rings is 1. The molecule has 0 amide bonds. The molecule has 1 aromatic carbocycles. The number of rotatable bonds is 8. The first-order valence-electron chi connectivity index (χ1n) is 10.1. The molecule has 0 radical (unpaired) electrons. The van der Waals surface area contributed by atoms with E-state index in [1.54, 1.807) is 20.4 Å². The number of pyridine rings is 1. The van der Waals surface area contributed by atoms with Crippen LogP contribution in [-0.4, -0.2) is 37.8 Å². The first-order valence-corrected chi connectivity index (χ1v) is 10.1. The number of anilines is 1. The van der Waals surface area contributed by atoms with E-state index in [9.17, 15) is 0 Å². The lowest BCUT2D eigenvalue weighted by Gasteiger charge is -2.15. The van der Waals surface area contributed by atoms with Crippen LogP contribution in [0.1, 0.15) is 38.2 Å². The van der Waals surface area contributed by atoms with Crippen molar-refractivity contribution in [2.24, 2.45) is 4.99 Å². The molecule has 29 heavy (non-hydrogen) atoms. The second-order valence-corrected chi connectivity index (χ2v) is 6.88. The van der Waals surface area contributed by atoms with Gasteiger partial charge in [-0.05, 0) is 56.4 Å². The van der Waals surface area contributed by atoms with Gasteiger partial charge in [0.2, 0.25) is 5.88 Å². The average Bonchev–Trinajstić information content (AvgIpc) is 3.25. The molecule has 1 heterocycles. The number of aromatic nitrogens is 1. The van der Waals surface area contributed by atoms with Crippen molar-refractivity contribution in [2.75, 3.05) is 26.1 Å². The highest BCUT2D eigenvalue weighted by Crippen LogP contribution is 2.30. The molecule has 0 unspecified atom stereocenters. The quantitative estimate of drug-likeness (QED) is 0.517. The molecule has 2 N–H and O–H groups in total. The van der Waals surface area contributed by atoms with Crippen molar-refractivity contribution in [2.45, 2.75) is 45.3 Å². The zero-order valence-corrected chi connectivity index (χ0v) is 17.4. The molecule has 1 fully saturated rings.